The molecule has 0 radical (unpaired) electrons. The van der Waals surface area contributed by atoms with E-state index >= 15 is 0 Å². The molecule has 2 aromatic rings. The Balaban J connectivity index is 2.12. The molecule has 7 heteroatoms. The van der Waals surface area contributed by atoms with Crippen LogP contribution in [0.2, 0.25) is 0 Å². The molecule has 0 bridgehead atoms. The Morgan fingerprint density at radius 2 is 2.10 bits per heavy atom. The minimum Gasteiger partial charge on any atom is -0.399 e. The maximum Gasteiger partial charge on any atom is 0.241 e. The molecule has 1 aromatic carbocycles. The molecule has 5 nitrogen and oxygen atoms in total. The zero-order valence-corrected chi connectivity index (χ0v) is 12.3. The van der Waals surface area contributed by atoms with Gasteiger partial charge in [0, 0.05) is 36.1 Å². The molecule has 0 aliphatic rings. The second-order valence-electron chi connectivity index (χ2n) is 4.59. The Hall–Kier alpha value is -1.99. The third-order valence-corrected chi connectivity index (χ3v) is 4.60. The number of hydrogen-bond donors (Lipinski definition) is 2. The van der Waals surface area contributed by atoms with Crippen molar-refractivity contribution in [3.8, 4) is 0 Å². The molecular weight excluding hydrogens is 293 g/mol. The molecule has 0 saturated carbocycles. The van der Waals surface area contributed by atoms with Crippen molar-refractivity contribution in [1.29, 1.82) is 0 Å². The van der Waals surface area contributed by atoms with E-state index in [1.54, 1.807) is 18.3 Å². The molecule has 112 valence electrons. The normalized spacial score (nSPS) is 11.5. The van der Waals surface area contributed by atoms with Gasteiger partial charge in [0.2, 0.25) is 10.0 Å². The predicted octanol–water partition coefficient (Wildman–Crippen LogP) is 1.63. The van der Waals surface area contributed by atoms with E-state index in [2.05, 4.69) is 9.71 Å². The van der Waals surface area contributed by atoms with Gasteiger partial charge in [0.1, 0.15) is 5.82 Å². The highest BCUT2D eigenvalue weighted by Gasteiger charge is 2.19. The van der Waals surface area contributed by atoms with E-state index in [4.69, 9.17) is 5.73 Å². The summed E-state index contributed by atoms with van der Waals surface area (Å²) < 4.78 is 40.4. The fourth-order valence-corrected chi connectivity index (χ4v) is 3.21. The summed E-state index contributed by atoms with van der Waals surface area (Å²) in [6.45, 7) is 1.58. The number of benzene rings is 1. The van der Waals surface area contributed by atoms with Crippen LogP contribution in [0.25, 0.3) is 0 Å². The van der Waals surface area contributed by atoms with Crippen LogP contribution in [-0.4, -0.2) is 19.9 Å². The highest BCUT2D eigenvalue weighted by atomic mass is 32.2. The predicted molar refractivity (Wildman–Crippen MR) is 78.7 cm³/mol. The van der Waals surface area contributed by atoms with Crippen LogP contribution in [0.5, 0.6) is 0 Å². The Kier molecular flexibility index (Phi) is 4.54. The molecule has 3 N–H and O–H groups in total. The van der Waals surface area contributed by atoms with E-state index in [-0.39, 0.29) is 22.7 Å². The summed E-state index contributed by atoms with van der Waals surface area (Å²) >= 11 is 0. The summed E-state index contributed by atoms with van der Waals surface area (Å²) in [5.74, 6) is -0.639. The zero-order valence-electron chi connectivity index (χ0n) is 11.5. The van der Waals surface area contributed by atoms with Gasteiger partial charge < -0.3 is 5.73 Å². The third kappa shape index (κ3) is 3.77. The van der Waals surface area contributed by atoms with Gasteiger partial charge in [-0.05, 0) is 31.2 Å². The molecule has 1 aromatic heterocycles. The maximum absolute atomic E-state index is 13.6. The first kappa shape index (κ1) is 15.4. The summed E-state index contributed by atoms with van der Waals surface area (Å²) in [7, 11) is -3.80. The van der Waals surface area contributed by atoms with Crippen molar-refractivity contribution < 1.29 is 12.8 Å². The van der Waals surface area contributed by atoms with E-state index in [1.165, 1.54) is 13.0 Å². The van der Waals surface area contributed by atoms with Gasteiger partial charge in [-0.15, -0.1) is 0 Å². The van der Waals surface area contributed by atoms with Crippen LogP contribution in [-0.2, 0) is 16.4 Å². The molecule has 0 amide bonds. The van der Waals surface area contributed by atoms with Crippen LogP contribution < -0.4 is 10.5 Å². The van der Waals surface area contributed by atoms with Crippen molar-refractivity contribution >= 4 is 15.7 Å². The Labute approximate surface area is 123 Å². The Bertz CT molecular complexity index is 733. The van der Waals surface area contributed by atoms with E-state index < -0.39 is 15.8 Å². The SMILES string of the molecule is Cc1c(F)cc(N)cc1S(=O)(=O)NCCc1ccccn1. The number of nitrogens with two attached hydrogens (primary N) is 1. The Morgan fingerprint density at radius 3 is 2.76 bits per heavy atom. The van der Waals surface area contributed by atoms with Crippen LogP contribution in [0, 0.1) is 12.7 Å². The van der Waals surface area contributed by atoms with Crippen LogP contribution in [0.1, 0.15) is 11.3 Å². The summed E-state index contributed by atoms with van der Waals surface area (Å²) in [6, 6.07) is 7.77. The fraction of sp³-hybridized carbons (Fsp3) is 0.214. The number of nitrogens with zero attached hydrogens (tertiary/aromatic N) is 1. The number of hydrogen-bond acceptors (Lipinski definition) is 4. The fourth-order valence-electron chi connectivity index (χ4n) is 1.89. The van der Waals surface area contributed by atoms with Gasteiger partial charge in [0.15, 0.2) is 0 Å². The van der Waals surface area contributed by atoms with Crippen LogP contribution in [0.3, 0.4) is 0 Å². The van der Waals surface area contributed by atoms with Gasteiger partial charge in [0.25, 0.3) is 0 Å². The standard InChI is InChI=1S/C14H16FN3O2S/c1-10-13(15)8-11(16)9-14(10)21(19,20)18-7-5-12-4-2-3-6-17-12/h2-4,6,8-9,18H,5,7,16H2,1H3. The van der Waals surface area contributed by atoms with E-state index in [9.17, 15) is 12.8 Å². The number of halogens is 1. The van der Waals surface area contributed by atoms with Crippen molar-refractivity contribution in [1.82, 2.24) is 9.71 Å². The zero-order chi connectivity index (χ0) is 15.5. The maximum atomic E-state index is 13.6. The second kappa shape index (κ2) is 6.19. The Morgan fingerprint density at radius 1 is 1.33 bits per heavy atom. The van der Waals surface area contributed by atoms with Crippen molar-refractivity contribution in [3.05, 3.63) is 53.6 Å². The minimum atomic E-state index is -3.80. The highest BCUT2D eigenvalue weighted by Crippen LogP contribution is 2.21. The summed E-state index contributed by atoms with van der Waals surface area (Å²) in [4.78, 5) is 3.96. The molecule has 0 unspecified atom stereocenters. The molecule has 0 aliphatic carbocycles. The molecule has 1 heterocycles. The molecular formula is C14H16FN3O2S. The first-order valence-corrected chi connectivity index (χ1v) is 7.83. The average Bonchev–Trinajstić information content (AvgIpc) is 2.43. The van der Waals surface area contributed by atoms with Crippen LogP contribution in [0.15, 0.2) is 41.4 Å². The van der Waals surface area contributed by atoms with Gasteiger partial charge >= 0.3 is 0 Å². The lowest BCUT2D eigenvalue weighted by Gasteiger charge is -2.10. The van der Waals surface area contributed by atoms with E-state index in [0.717, 1.165) is 11.8 Å². The van der Waals surface area contributed by atoms with Crippen molar-refractivity contribution in [2.75, 3.05) is 12.3 Å². The minimum absolute atomic E-state index is 0.0505. The number of nitrogens with one attached hydrogen (secondary N) is 1. The number of sulfonamides is 1. The molecule has 0 aliphatic heterocycles. The summed E-state index contributed by atoms with van der Waals surface area (Å²) in [5.41, 5.74) is 6.40. The average molecular weight is 309 g/mol. The van der Waals surface area contributed by atoms with E-state index in [1.807, 2.05) is 6.07 Å². The van der Waals surface area contributed by atoms with Crippen molar-refractivity contribution in [2.24, 2.45) is 0 Å². The van der Waals surface area contributed by atoms with Gasteiger partial charge in [0.05, 0.1) is 4.90 Å². The lowest BCUT2D eigenvalue weighted by molar-refractivity contribution is 0.574. The third-order valence-electron chi connectivity index (χ3n) is 3.01. The van der Waals surface area contributed by atoms with Gasteiger partial charge in [-0.3, -0.25) is 4.98 Å². The summed E-state index contributed by atoms with van der Waals surface area (Å²) in [6.07, 6.45) is 2.09. The topological polar surface area (TPSA) is 85.1 Å². The first-order chi connectivity index (χ1) is 9.90. The largest absolute Gasteiger partial charge is 0.399 e. The lowest BCUT2D eigenvalue weighted by Crippen LogP contribution is -2.27. The quantitative estimate of drug-likeness (QED) is 0.822. The molecule has 2 rings (SSSR count). The van der Waals surface area contributed by atoms with Gasteiger partial charge in [-0.2, -0.15) is 0 Å². The number of nitrogen functional groups attached to an aromatic ring is 1. The second-order valence-corrected chi connectivity index (χ2v) is 6.33. The molecule has 21 heavy (non-hydrogen) atoms. The van der Waals surface area contributed by atoms with Crippen LogP contribution in [0.4, 0.5) is 10.1 Å². The molecule has 0 saturated heterocycles. The number of aromatic nitrogens is 1. The summed E-state index contributed by atoms with van der Waals surface area (Å²) in [5, 5.41) is 0. The molecule has 0 fully saturated rings. The van der Waals surface area contributed by atoms with Gasteiger partial charge in [-0.1, -0.05) is 6.07 Å². The lowest BCUT2D eigenvalue weighted by atomic mass is 10.2. The number of rotatable bonds is 5. The number of pyridine rings is 1. The number of anilines is 1. The van der Waals surface area contributed by atoms with Crippen molar-refractivity contribution in [2.45, 2.75) is 18.2 Å². The molecule has 0 spiro atoms. The van der Waals surface area contributed by atoms with Crippen LogP contribution >= 0.6 is 0 Å². The van der Waals surface area contributed by atoms with Crippen molar-refractivity contribution in [3.63, 3.8) is 0 Å². The highest BCUT2D eigenvalue weighted by molar-refractivity contribution is 7.89. The smallest absolute Gasteiger partial charge is 0.241 e. The van der Waals surface area contributed by atoms with Gasteiger partial charge in [-0.25, -0.2) is 17.5 Å². The molecule has 0 atom stereocenters. The monoisotopic (exact) mass is 309 g/mol. The first-order valence-electron chi connectivity index (χ1n) is 6.35. The van der Waals surface area contributed by atoms with E-state index in [0.29, 0.717) is 6.42 Å².